The van der Waals surface area contributed by atoms with E-state index in [-0.39, 0.29) is 6.61 Å². The highest BCUT2D eigenvalue weighted by Gasteiger charge is 2.19. The van der Waals surface area contributed by atoms with E-state index in [1.165, 1.54) is 0 Å². The van der Waals surface area contributed by atoms with Crippen molar-refractivity contribution in [2.24, 2.45) is 5.73 Å². The molecule has 0 amide bonds. The van der Waals surface area contributed by atoms with E-state index in [0.29, 0.717) is 12.4 Å². The van der Waals surface area contributed by atoms with Crippen LogP contribution >= 0.6 is 0 Å². The van der Waals surface area contributed by atoms with Gasteiger partial charge < -0.3 is 20.3 Å². The summed E-state index contributed by atoms with van der Waals surface area (Å²) in [5.74, 6) is 1.54. The number of methoxy groups -OCH3 is 1. The van der Waals surface area contributed by atoms with Gasteiger partial charge in [-0.1, -0.05) is 0 Å². The van der Waals surface area contributed by atoms with Crippen molar-refractivity contribution in [2.45, 2.75) is 12.5 Å². The Bertz CT molecular complexity index is 365. The first-order chi connectivity index (χ1) is 7.26. The summed E-state index contributed by atoms with van der Waals surface area (Å²) in [5, 5.41) is 9.04. The Labute approximate surface area is 88.6 Å². The van der Waals surface area contributed by atoms with E-state index in [2.05, 4.69) is 0 Å². The van der Waals surface area contributed by atoms with Gasteiger partial charge in [-0.25, -0.2) is 0 Å². The molecule has 0 fully saturated rings. The molecular weight excluding hydrogens is 194 g/mol. The lowest BCUT2D eigenvalue weighted by Gasteiger charge is -2.14. The van der Waals surface area contributed by atoms with E-state index in [1.54, 1.807) is 7.11 Å². The van der Waals surface area contributed by atoms with Gasteiger partial charge in [0.25, 0.3) is 0 Å². The van der Waals surface area contributed by atoms with Crippen LogP contribution in [0.15, 0.2) is 12.1 Å². The first kappa shape index (κ1) is 10.3. The van der Waals surface area contributed by atoms with Gasteiger partial charge in [0.05, 0.1) is 26.4 Å². The largest absolute Gasteiger partial charge is 0.496 e. The van der Waals surface area contributed by atoms with Gasteiger partial charge in [0.1, 0.15) is 11.5 Å². The zero-order valence-electron chi connectivity index (χ0n) is 8.69. The molecule has 0 radical (unpaired) electrons. The minimum atomic E-state index is -0.397. The van der Waals surface area contributed by atoms with Gasteiger partial charge in [0.15, 0.2) is 0 Å². The Balaban J connectivity index is 2.44. The third kappa shape index (κ3) is 1.78. The van der Waals surface area contributed by atoms with Crippen LogP contribution in [0.1, 0.15) is 17.2 Å². The number of hydrogen-bond acceptors (Lipinski definition) is 4. The quantitative estimate of drug-likeness (QED) is 0.766. The van der Waals surface area contributed by atoms with Crippen LogP contribution in [-0.4, -0.2) is 25.4 Å². The van der Waals surface area contributed by atoms with E-state index in [0.717, 1.165) is 23.3 Å². The highest BCUT2D eigenvalue weighted by molar-refractivity contribution is 5.49. The average molecular weight is 209 g/mol. The van der Waals surface area contributed by atoms with E-state index < -0.39 is 6.04 Å². The van der Waals surface area contributed by atoms with E-state index in [4.69, 9.17) is 20.3 Å². The van der Waals surface area contributed by atoms with Gasteiger partial charge in [0, 0.05) is 18.1 Å². The fourth-order valence-electron chi connectivity index (χ4n) is 1.79. The summed E-state index contributed by atoms with van der Waals surface area (Å²) in [6.45, 7) is 0.617. The molecule has 0 aromatic heterocycles. The zero-order chi connectivity index (χ0) is 10.8. The van der Waals surface area contributed by atoms with Crippen molar-refractivity contribution in [3.05, 3.63) is 23.3 Å². The predicted octanol–water partition coefficient (Wildman–Crippen LogP) is 0.622. The van der Waals surface area contributed by atoms with Crippen LogP contribution in [0.25, 0.3) is 0 Å². The molecule has 2 rings (SSSR count). The van der Waals surface area contributed by atoms with Gasteiger partial charge in [-0.05, 0) is 11.6 Å². The van der Waals surface area contributed by atoms with Gasteiger partial charge in [-0.15, -0.1) is 0 Å². The summed E-state index contributed by atoms with van der Waals surface area (Å²) in [6.07, 6.45) is 0.893. The number of rotatable bonds is 3. The normalized spacial score (nSPS) is 15.7. The Morgan fingerprint density at radius 1 is 1.60 bits per heavy atom. The Kier molecular flexibility index (Phi) is 2.79. The molecular formula is C11H15NO3. The maximum absolute atomic E-state index is 9.04. The van der Waals surface area contributed by atoms with Crippen molar-refractivity contribution in [1.82, 2.24) is 0 Å². The molecule has 0 aliphatic carbocycles. The number of ether oxygens (including phenoxy) is 2. The van der Waals surface area contributed by atoms with Crippen LogP contribution in [0.4, 0.5) is 0 Å². The lowest BCUT2D eigenvalue weighted by molar-refractivity contribution is 0.264. The monoisotopic (exact) mass is 209 g/mol. The van der Waals surface area contributed by atoms with Gasteiger partial charge in [0.2, 0.25) is 0 Å². The van der Waals surface area contributed by atoms with Crippen LogP contribution in [0.3, 0.4) is 0 Å². The lowest BCUT2D eigenvalue weighted by Crippen LogP contribution is -2.15. The van der Waals surface area contributed by atoms with Crippen LogP contribution in [0, 0.1) is 0 Å². The number of fused-ring (bicyclic) bond motifs is 1. The molecule has 82 valence electrons. The molecule has 1 atom stereocenters. The summed E-state index contributed by atoms with van der Waals surface area (Å²) in [5.41, 5.74) is 7.77. The van der Waals surface area contributed by atoms with Crippen LogP contribution in [0.2, 0.25) is 0 Å². The fourth-order valence-corrected chi connectivity index (χ4v) is 1.79. The van der Waals surface area contributed by atoms with Crippen molar-refractivity contribution in [2.75, 3.05) is 20.3 Å². The van der Waals surface area contributed by atoms with Crippen LogP contribution in [0.5, 0.6) is 11.5 Å². The summed E-state index contributed by atoms with van der Waals surface area (Å²) in [6, 6.07) is 3.40. The molecule has 0 saturated heterocycles. The highest BCUT2D eigenvalue weighted by Crippen LogP contribution is 2.35. The number of aliphatic hydroxyl groups excluding tert-OH is 1. The van der Waals surface area contributed by atoms with Crippen molar-refractivity contribution >= 4 is 0 Å². The molecule has 1 unspecified atom stereocenters. The number of benzene rings is 1. The zero-order valence-corrected chi connectivity index (χ0v) is 8.69. The average Bonchev–Trinajstić information content (AvgIpc) is 2.73. The number of aliphatic hydroxyl groups is 1. The van der Waals surface area contributed by atoms with Crippen molar-refractivity contribution < 1.29 is 14.6 Å². The summed E-state index contributed by atoms with van der Waals surface area (Å²) in [7, 11) is 1.59. The predicted molar refractivity (Wildman–Crippen MR) is 56.2 cm³/mol. The molecule has 0 saturated carbocycles. The van der Waals surface area contributed by atoms with Gasteiger partial charge >= 0.3 is 0 Å². The molecule has 3 N–H and O–H groups in total. The molecule has 1 aliphatic heterocycles. The first-order valence-corrected chi connectivity index (χ1v) is 4.96. The van der Waals surface area contributed by atoms with E-state index in [1.807, 2.05) is 12.1 Å². The van der Waals surface area contributed by atoms with Crippen LogP contribution < -0.4 is 15.2 Å². The minimum absolute atomic E-state index is 0.0873. The smallest absolute Gasteiger partial charge is 0.127 e. The highest BCUT2D eigenvalue weighted by atomic mass is 16.5. The summed E-state index contributed by atoms with van der Waals surface area (Å²) >= 11 is 0. The molecule has 0 spiro atoms. The standard InChI is InChI=1S/C11H15NO3/c1-14-11-5-10-7(2-3-15-10)4-8(11)9(12)6-13/h4-5,9,13H,2-3,6,12H2,1H3. The molecule has 0 bridgehead atoms. The topological polar surface area (TPSA) is 64.7 Å². The summed E-state index contributed by atoms with van der Waals surface area (Å²) in [4.78, 5) is 0. The van der Waals surface area contributed by atoms with E-state index in [9.17, 15) is 0 Å². The van der Waals surface area contributed by atoms with E-state index >= 15 is 0 Å². The van der Waals surface area contributed by atoms with Crippen molar-refractivity contribution in [3.8, 4) is 11.5 Å². The molecule has 1 aromatic carbocycles. The van der Waals surface area contributed by atoms with Gasteiger partial charge in [-0.3, -0.25) is 0 Å². The Morgan fingerprint density at radius 2 is 2.40 bits per heavy atom. The second-order valence-electron chi connectivity index (χ2n) is 3.59. The molecule has 4 heteroatoms. The first-order valence-electron chi connectivity index (χ1n) is 4.96. The third-order valence-electron chi connectivity index (χ3n) is 2.64. The van der Waals surface area contributed by atoms with Gasteiger partial charge in [-0.2, -0.15) is 0 Å². The maximum atomic E-state index is 9.04. The summed E-state index contributed by atoms with van der Waals surface area (Å²) < 4.78 is 10.6. The fraction of sp³-hybridized carbons (Fsp3) is 0.455. The molecule has 1 aromatic rings. The Morgan fingerprint density at radius 3 is 3.07 bits per heavy atom. The molecule has 1 aliphatic rings. The SMILES string of the molecule is COc1cc2c(cc1C(N)CO)CCO2. The van der Waals surface area contributed by atoms with Crippen molar-refractivity contribution in [1.29, 1.82) is 0 Å². The molecule has 1 heterocycles. The maximum Gasteiger partial charge on any atom is 0.127 e. The minimum Gasteiger partial charge on any atom is -0.496 e. The number of hydrogen-bond donors (Lipinski definition) is 2. The third-order valence-corrected chi connectivity index (χ3v) is 2.64. The molecule has 15 heavy (non-hydrogen) atoms. The van der Waals surface area contributed by atoms with Crippen LogP contribution in [-0.2, 0) is 6.42 Å². The second kappa shape index (κ2) is 4.08. The second-order valence-corrected chi connectivity index (χ2v) is 3.59. The number of nitrogens with two attached hydrogens (primary N) is 1. The molecule has 4 nitrogen and oxygen atoms in total. The Hall–Kier alpha value is -1.26. The lowest BCUT2D eigenvalue weighted by atomic mass is 10.0. The van der Waals surface area contributed by atoms with Crippen molar-refractivity contribution in [3.63, 3.8) is 0 Å².